The SMILES string of the molecule is CC(CN)(CO)c1cc(Br)c(Cl)s1. The van der Waals surface area contributed by atoms with Gasteiger partial charge < -0.3 is 10.8 Å². The molecule has 3 N–H and O–H groups in total. The Morgan fingerprint density at radius 3 is 2.69 bits per heavy atom. The predicted molar refractivity (Wildman–Crippen MR) is 60.5 cm³/mol. The molecular weight excluding hydrogens is 274 g/mol. The maximum absolute atomic E-state index is 9.21. The zero-order valence-electron chi connectivity index (χ0n) is 7.18. The van der Waals surface area contributed by atoms with Crippen LogP contribution in [0.4, 0.5) is 0 Å². The molecule has 0 aliphatic rings. The van der Waals surface area contributed by atoms with Gasteiger partial charge in [-0.25, -0.2) is 0 Å². The number of hydrogen-bond acceptors (Lipinski definition) is 3. The van der Waals surface area contributed by atoms with E-state index in [0.717, 1.165) is 9.35 Å². The van der Waals surface area contributed by atoms with Crippen molar-refractivity contribution >= 4 is 38.9 Å². The topological polar surface area (TPSA) is 46.2 Å². The van der Waals surface area contributed by atoms with E-state index in [9.17, 15) is 5.11 Å². The molecule has 2 nitrogen and oxygen atoms in total. The lowest BCUT2D eigenvalue weighted by Crippen LogP contribution is -2.34. The van der Waals surface area contributed by atoms with Gasteiger partial charge in [-0.1, -0.05) is 18.5 Å². The fourth-order valence-corrected chi connectivity index (χ4v) is 2.73. The summed E-state index contributed by atoms with van der Waals surface area (Å²) in [5, 5.41) is 9.21. The Bertz CT molecular complexity index is 279. The summed E-state index contributed by atoms with van der Waals surface area (Å²) in [5.41, 5.74) is 5.22. The third-order valence-electron chi connectivity index (χ3n) is 2.04. The van der Waals surface area contributed by atoms with E-state index in [4.69, 9.17) is 17.3 Å². The third kappa shape index (κ3) is 2.25. The molecule has 74 valence electrons. The van der Waals surface area contributed by atoms with Crippen molar-refractivity contribution in [1.82, 2.24) is 0 Å². The largest absolute Gasteiger partial charge is 0.395 e. The first kappa shape index (κ1) is 11.5. The maximum Gasteiger partial charge on any atom is 0.107 e. The minimum atomic E-state index is -0.375. The van der Waals surface area contributed by atoms with Crippen molar-refractivity contribution in [2.75, 3.05) is 13.2 Å². The molecule has 0 aliphatic heterocycles. The highest BCUT2D eigenvalue weighted by Crippen LogP contribution is 2.37. The number of hydrogen-bond donors (Lipinski definition) is 2. The number of thiophene rings is 1. The molecule has 1 aromatic rings. The van der Waals surface area contributed by atoms with Gasteiger partial charge in [0, 0.05) is 21.3 Å². The molecule has 1 atom stereocenters. The number of halogens is 2. The lowest BCUT2D eigenvalue weighted by Gasteiger charge is -2.23. The molecule has 1 unspecified atom stereocenters. The Morgan fingerprint density at radius 1 is 1.77 bits per heavy atom. The number of aliphatic hydroxyl groups is 1. The van der Waals surface area contributed by atoms with Gasteiger partial charge in [-0.15, -0.1) is 11.3 Å². The Morgan fingerprint density at radius 2 is 2.38 bits per heavy atom. The lowest BCUT2D eigenvalue weighted by atomic mass is 9.90. The molecule has 0 radical (unpaired) electrons. The van der Waals surface area contributed by atoms with Crippen LogP contribution in [-0.2, 0) is 5.41 Å². The van der Waals surface area contributed by atoms with Crippen molar-refractivity contribution in [1.29, 1.82) is 0 Å². The summed E-state index contributed by atoms with van der Waals surface area (Å²) >= 11 is 10.7. The normalized spacial score (nSPS) is 15.8. The monoisotopic (exact) mass is 283 g/mol. The van der Waals surface area contributed by atoms with E-state index >= 15 is 0 Å². The predicted octanol–water partition coefficient (Wildman–Crippen LogP) is 2.37. The quantitative estimate of drug-likeness (QED) is 0.895. The molecule has 0 saturated heterocycles. The van der Waals surface area contributed by atoms with Gasteiger partial charge in [-0.05, 0) is 22.0 Å². The summed E-state index contributed by atoms with van der Waals surface area (Å²) < 4.78 is 1.56. The van der Waals surface area contributed by atoms with Crippen LogP contribution in [0.1, 0.15) is 11.8 Å². The molecule has 0 saturated carbocycles. The molecule has 5 heteroatoms. The summed E-state index contributed by atoms with van der Waals surface area (Å²) in [6.45, 7) is 2.36. The molecule has 0 bridgehead atoms. The van der Waals surface area contributed by atoms with Gasteiger partial charge in [0.1, 0.15) is 4.34 Å². The Balaban J connectivity index is 3.05. The van der Waals surface area contributed by atoms with Crippen molar-refractivity contribution in [3.63, 3.8) is 0 Å². The van der Waals surface area contributed by atoms with Crippen molar-refractivity contribution in [2.45, 2.75) is 12.3 Å². The summed E-state index contributed by atoms with van der Waals surface area (Å²) in [4.78, 5) is 1.01. The van der Waals surface area contributed by atoms with Crippen LogP contribution >= 0.6 is 38.9 Å². The van der Waals surface area contributed by atoms with E-state index in [1.54, 1.807) is 0 Å². The Kier molecular flexibility index (Phi) is 3.77. The molecule has 0 aliphatic carbocycles. The van der Waals surface area contributed by atoms with E-state index in [1.807, 2.05) is 13.0 Å². The Labute approximate surface area is 94.8 Å². The first-order valence-electron chi connectivity index (χ1n) is 3.80. The maximum atomic E-state index is 9.21. The van der Waals surface area contributed by atoms with Crippen LogP contribution in [0.3, 0.4) is 0 Å². The summed E-state index contributed by atoms with van der Waals surface area (Å²) in [6, 6.07) is 1.91. The lowest BCUT2D eigenvalue weighted by molar-refractivity contribution is 0.213. The smallest absolute Gasteiger partial charge is 0.107 e. The van der Waals surface area contributed by atoms with Gasteiger partial charge in [0.15, 0.2) is 0 Å². The molecule has 0 fully saturated rings. The Hall–Kier alpha value is 0.390. The number of aliphatic hydroxyl groups excluding tert-OH is 1. The minimum absolute atomic E-state index is 0.0345. The van der Waals surface area contributed by atoms with Crippen LogP contribution < -0.4 is 5.73 Å². The van der Waals surface area contributed by atoms with Gasteiger partial charge in [0.2, 0.25) is 0 Å². The van der Waals surface area contributed by atoms with Crippen LogP contribution in [0.5, 0.6) is 0 Å². The zero-order valence-corrected chi connectivity index (χ0v) is 10.3. The average molecular weight is 285 g/mol. The molecule has 1 heterocycles. The van der Waals surface area contributed by atoms with Crippen molar-refractivity contribution in [2.24, 2.45) is 5.73 Å². The number of nitrogens with two attached hydrogens (primary N) is 1. The van der Waals surface area contributed by atoms with Gasteiger partial charge in [-0.3, -0.25) is 0 Å². The van der Waals surface area contributed by atoms with Crippen molar-refractivity contribution in [3.05, 3.63) is 19.8 Å². The van der Waals surface area contributed by atoms with Gasteiger partial charge in [-0.2, -0.15) is 0 Å². The molecule has 1 rings (SSSR count). The molecule has 0 amide bonds. The fourth-order valence-electron chi connectivity index (χ4n) is 0.887. The highest BCUT2D eigenvalue weighted by atomic mass is 79.9. The van der Waals surface area contributed by atoms with Crippen LogP contribution in [-0.4, -0.2) is 18.3 Å². The minimum Gasteiger partial charge on any atom is -0.395 e. The first-order valence-corrected chi connectivity index (χ1v) is 5.78. The fraction of sp³-hybridized carbons (Fsp3) is 0.500. The van der Waals surface area contributed by atoms with Crippen LogP contribution in [0.15, 0.2) is 10.5 Å². The number of rotatable bonds is 3. The van der Waals surface area contributed by atoms with Gasteiger partial charge in [0.25, 0.3) is 0 Å². The van der Waals surface area contributed by atoms with Gasteiger partial charge >= 0.3 is 0 Å². The van der Waals surface area contributed by atoms with Crippen LogP contribution in [0, 0.1) is 0 Å². The van der Waals surface area contributed by atoms with E-state index in [2.05, 4.69) is 15.9 Å². The molecule has 1 aromatic heterocycles. The average Bonchev–Trinajstić information content (AvgIpc) is 2.46. The summed E-state index contributed by atoms with van der Waals surface area (Å²) in [6.07, 6.45) is 0. The molecule has 0 aromatic carbocycles. The van der Waals surface area contributed by atoms with Crippen molar-refractivity contribution in [3.8, 4) is 0 Å². The highest BCUT2D eigenvalue weighted by molar-refractivity contribution is 9.10. The van der Waals surface area contributed by atoms with E-state index < -0.39 is 0 Å². The van der Waals surface area contributed by atoms with Gasteiger partial charge in [0.05, 0.1) is 6.61 Å². The summed E-state index contributed by atoms with van der Waals surface area (Å²) in [7, 11) is 0. The second-order valence-corrected chi connectivity index (χ2v) is 5.66. The molecule has 0 spiro atoms. The van der Waals surface area contributed by atoms with E-state index in [0.29, 0.717) is 10.9 Å². The first-order chi connectivity index (χ1) is 6.03. The van der Waals surface area contributed by atoms with E-state index in [1.165, 1.54) is 11.3 Å². The molecule has 13 heavy (non-hydrogen) atoms. The van der Waals surface area contributed by atoms with E-state index in [-0.39, 0.29) is 12.0 Å². The molecular formula is C8H11BrClNOS. The standard InChI is InChI=1S/C8H11BrClNOS/c1-8(3-11,4-12)6-2-5(9)7(10)13-6/h2,12H,3-4,11H2,1H3. The van der Waals surface area contributed by atoms with Crippen LogP contribution in [0.2, 0.25) is 4.34 Å². The van der Waals surface area contributed by atoms with Crippen LogP contribution in [0.25, 0.3) is 0 Å². The second kappa shape index (κ2) is 4.28. The third-order valence-corrected chi connectivity index (χ3v) is 4.82. The zero-order chi connectivity index (χ0) is 10.1. The summed E-state index contributed by atoms with van der Waals surface area (Å²) in [5.74, 6) is 0. The highest BCUT2D eigenvalue weighted by Gasteiger charge is 2.26. The second-order valence-electron chi connectivity index (χ2n) is 3.16. The van der Waals surface area contributed by atoms with Crippen molar-refractivity contribution < 1.29 is 5.11 Å².